The quantitative estimate of drug-likeness (QED) is 0.670. The van der Waals surface area contributed by atoms with Crippen molar-refractivity contribution in [2.75, 3.05) is 20.6 Å². The molecule has 1 heterocycles. The molecule has 5 N–H and O–H groups in total. The molecule has 1 aliphatic rings. The van der Waals surface area contributed by atoms with Crippen molar-refractivity contribution in [3.63, 3.8) is 0 Å². The Balaban J connectivity index is 2.24. The van der Waals surface area contributed by atoms with E-state index in [2.05, 4.69) is 15.2 Å². The summed E-state index contributed by atoms with van der Waals surface area (Å²) in [4.78, 5) is 6.42. The second-order valence-electron chi connectivity index (χ2n) is 4.77. The molecule has 7 heteroatoms. The molecule has 1 atom stereocenters. The lowest BCUT2D eigenvalue weighted by atomic mass is 10.1. The molecule has 0 spiro atoms. The third-order valence-corrected chi connectivity index (χ3v) is 2.74. The summed E-state index contributed by atoms with van der Waals surface area (Å²) in [7, 11) is 3.87. The normalized spacial score (nSPS) is 18.4. The van der Waals surface area contributed by atoms with E-state index in [4.69, 9.17) is 11.5 Å². The molecule has 1 aliphatic heterocycles. The average molecular weight is 274 g/mol. The summed E-state index contributed by atoms with van der Waals surface area (Å²) in [5.41, 5.74) is 13.8. The van der Waals surface area contributed by atoms with Crippen LogP contribution in [0.25, 0.3) is 0 Å². The highest BCUT2D eigenvalue weighted by Crippen LogP contribution is 2.17. The molecule has 0 aromatic heterocycles. The molecular formula is C13H18N6O. The van der Waals surface area contributed by atoms with Gasteiger partial charge in [0.2, 0.25) is 0 Å². The number of aliphatic hydroxyl groups is 1. The van der Waals surface area contributed by atoms with Crippen LogP contribution in [0, 0.1) is 0 Å². The smallest absolute Gasteiger partial charge is 0.174 e. The van der Waals surface area contributed by atoms with Crippen LogP contribution in [-0.2, 0) is 0 Å². The first-order valence-corrected chi connectivity index (χ1v) is 6.15. The summed E-state index contributed by atoms with van der Waals surface area (Å²) in [6, 6.07) is 6.96. The monoisotopic (exact) mass is 274 g/mol. The van der Waals surface area contributed by atoms with Gasteiger partial charge in [-0.2, -0.15) is 0 Å². The highest BCUT2D eigenvalue weighted by Gasteiger charge is 2.20. The summed E-state index contributed by atoms with van der Waals surface area (Å²) >= 11 is 0. The minimum absolute atomic E-state index is 0.310. The van der Waals surface area contributed by atoms with Crippen molar-refractivity contribution in [1.29, 1.82) is 0 Å². The van der Waals surface area contributed by atoms with Crippen LogP contribution < -0.4 is 11.5 Å². The molecule has 1 aromatic rings. The summed E-state index contributed by atoms with van der Waals surface area (Å²) in [5, 5.41) is 17.1. The fourth-order valence-corrected chi connectivity index (χ4v) is 1.76. The van der Waals surface area contributed by atoms with E-state index in [0.717, 1.165) is 5.71 Å². The number of nitrogens with zero attached hydrogens (tertiary/aromatic N) is 4. The van der Waals surface area contributed by atoms with E-state index in [0.29, 0.717) is 29.3 Å². The molecule has 0 saturated carbocycles. The van der Waals surface area contributed by atoms with Crippen molar-refractivity contribution in [1.82, 2.24) is 4.90 Å². The average Bonchev–Trinajstić information content (AvgIpc) is 2.71. The first kappa shape index (κ1) is 14.3. The van der Waals surface area contributed by atoms with Gasteiger partial charge in [0.15, 0.2) is 5.84 Å². The molecule has 20 heavy (non-hydrogen) atoms. The van der Waals surface area contributed by atoms with Crippen LogP contribution in [0.3, 0.4) is 0 Å². The van der Waals surface area contributed by atoms with Gasteiger partial charge in [-0.25, -0.2) is 4.99 Å². The van der Waals surface area contributed by atoms with Crippen LogP contribution >= 0.6 is 0 Å². The Morgan fingerprint density at radius 3 is 2.45 bits per heavy atom. The second kappa shape index (κ2) is 5.91. The van der Waals surface area contributed by atoms with Crippen LogP contribution in [0.4, 0.5) is 5.69 Å². The molecule has 1 unspecified atom stereocenters. The Kier molecular flexibility index (Phi) is 4.23. The minimum atomic E-state index is -0.985. The number of rotatable bonds is 4. The van der Waals surface area contributed by atoms with Crippen molar-refractivity contribution in [3.8, 4) is 0 Å². The summed E-state index contributed by atoms with van der Waals surface area (Å²) in [6.07, 6.45) is -0.985. The van der Waals surface area contributed by atoms with Crippen molar-refractivity contribution >= 4 is 22.9 Å². The number of nitrogens with two attached hydrogens (primary N) is 2. The molecule has 0 fully saturated rings. The zero-order chi connectivity index (χ0) is 14.7. The van der Waals surface area contributed by atoms with E-state index in [-0.39, 0.29) is 0 Å². The van der Waals surface area contributed by atoms with E-state index in [9.17, 15) is 5.11 Å². The Morgan fingerprint density at radius 2 is 1.90 bits per heavy atom. The molecule has 0 radical (unpaired) electrons. The van der Waals surface area contributed by atoms with Gasteiger partial charge in [0, 0.05) is 6.54 Å². The van der Waals surface area contributed by atoms with E-state index in [1.54, 1.807) is 24.3 Å². The SMILES string of the molecule is CN(C)CC1=NN=C(N)C1=Nc1ccc(C(N)O)cc1. The lowest BCUT2D eigenvalue weighted by molar-refractivity contribution is 0.186. The van der Waals surface area contributed by atoms with Gasteiger partial charge in [-0.1, -0.05) is 12.1 Å². The van der Waals surface area contributed by atoms with Crippen LogP contribution in [0.5, 0.6) is 0 Å². The van der Waals surface area contributed by atoms with Crippen LogP contribution in [-0.4, -0.2) is 47.9 Å². The summed E-state index contributed by atoms with van der Waals surface area (Å²) < 4.78 is 0. The van der Waals surface area contributed by atoms with Gasteiger partial charge in [0.1, 0.15) is 17.7 Å². The maximum absolute atomic E-state index is 9.26. The second-order valence-corrected chi connectivity index (χ2v) is 4.77. The minimum Gasteiger partial charge on any atom is -0.380 e. The van der Waals surface area contributed by atoms with E-state index in [1.807, 2.05) is 19.0 Å². The van der Waals surface area contributed by atoms with Crippen LogP contribution in [0.2, 0.25) is 0 Å². The van der Waals surface area contributed by atoms with E-state index < -0.39 is 6.23 Å². The Bertz CT molecular complexity index is 571. The largest absolute Gasteiger partial charge is 0.380 e. The fraction of sp³-hybridized carbons (Fsp3) is 0.308. The van der Waals surface area contributed by atoms with Gasteiger partial charge < -0.3 is 21.5 Å². The molecular weight excluding hydrogens is 256 g/mol. The fourth-order valence-electron chi connectivity index (χ4n) is 1.76. The molecule has 0 aliphatic carbocycles. The van der Waals surface area contributed by atoms with Gasteiger partial charge in [0.25, 0.3) is 0 Å². The molecule has 0 saturated heterocycles. The first-order valence-electron chi connectivity index (χ1n) is 6.15. The summed E-state index contributed by atoms with van der Waals surface area (Å²) in [5.74, 6) is 0.310. The van der Waals surface area contributed by atoms with Crippen LogP contribution in [0.15, 0.2) is 39.5 Å². The molecule has 1 aromatic carbocycles. The standard InChI is InChI=1S/C13H18N6O/c1-19(2)7-10-11(12(14)18-17-10)16-9-5-3-8(4-6-9)13(15)20/h3-6,13,20H,7,15H2,1-2H3,(H2,14,16,18). The number of benzene rings is 1. The number of amidine groups is 1. The van der Waals surface area contributed by atoms with Crippen LogP contribution in [0.1, 0.15) is 11.8 Å². The van der Waals surface area contributed by atoms with E-state index in [1.165, 1.54) is 0 Å². The zero-order valence-electron chi connectivity index (χ0n) is 11.5. The molecule has 2 rings (SSSR count). The first-order chi connectivity index (χ1) is 9.47. The molecule has 0 bridgehead atoms. The van der Waals surface area contributed by atoms with Crippen molar-refractivity contribution in [2.24, 2.45) is 26.7 Å². The lowest BCUT2D eigenvalue weighted by Crippen LogP contribution is -2.33. The van der Waals surface area contributed by atoms with Gasteiger partial charge in [-0.15, -0.1) is 10.2 Å². The third kappa shape index (κ3) is 3.27. The number of hydrogen-bond acceptors (Lipinski definition) is 7. The Hall–Kier alpha value is -2.09. The van der Waals surface area contributed by atoms with Crippen molar-refractivity contribution in [2.45, 2.75) is 6.23 Å². The predicted octanol–water partition coefficient (Wildman–Crippen LogP) is -0.00290. The predicted molar refractivity (Wildman–Crippen MR) is 80.3 cm³/mol. The number of aliphatic hydroxyl groups excluding tert-OH is 1. The number of hydrogen-bond donors (Lipinski definition) is 3. The molecule has 0 amide bonds. The lowest BCUT2D eigenvalue weighted by Gasteiger charge is -2.10. The van der Waals surface area contributed by atoms with Gasteiger partial charge >= 0.3 is 0 Å². The maximum atomic E-state index is 9.26. The van der Waals surface area contributed by atoms with Gasteiger partial charge in [-0.05, 0) is 31.8 Å². The highest BCUT2D eigenvalue weighted by molar-refractivity contribution is 6.70. The zero-order valence-corrected chi connectivity index (χ0v) is 11.5. The van der Waals surface area contributed by atoms with Gasteiger partial charge in [-0.3, -0.25) is 0 Å². The number of aliphatic imine (C=N–C) groups is 1. The third-order valence-electron chi connectivity index (χ3n) is 2.74. The molecule has 7 nitrogen and oxygen atoms in total. The van der Waals surface area contributed by atoms with E-state index >= 15 is 0 Å². The Labute approximate surface area is 117 Å². The molecule has 106 valence electrons. The highest BCUT2D eigenvalue weighted by atomic mass is 16.3. The topological polar surface area (TPSA) is 113 Å². The Morgan fingerprint density at radius 1 is 1.25 bits per heavy atom. The van der Waals surface area contributed by atoms with Gasteiger partial charge in [0.05, 0.1) is 5.69 Å². The summed E-state index contributed by atoms with van der Waals surface area (Å²) in [6.45, 7) is 0.614. The maximum Gasteiger partial charge on any atom is 0.174 e. The van der Waals surface area contributed by atoms with Crippen molar-refractivity contribution in [3.05, 3.63) is 29.8 Å². The van der Waals surface area contributed by atoms with Crippen molar-refractivity contribution < 1.29 is 5.11 Å².